The molecule has 2 heterocycles. The van der Waals surface area contributed by atoms with Gasteiger partial charge in [0.1, 0.15) is 37.1 Å². The SMILES string of the molecule is O=C(O)CN(Cc1ccc(OCc2ccccn2)cc1)C(=O)C(Cc1cn(C(c2ccccc2)(c2ccccc2)c2ccccc2)cn1)NC(=O)OCc1ccccc1. The number of benzene rings is 5. The second-order valence-electron chi connectivity index (χ2n) is 13.9. The minimum Gasteiger partial charge on any atom is -0.487 e. The summed E-state index contributed by atoms with van der Waals surface area (Å²) >= 11 is 0. The van der Waals surface area contributed by atoms with E-state index in [0.29, 0.717) is 17.0 Å². The maximum absolute atomic E-state index is 14.5. The van der Waals surface area contributed by atoms with Crippen LogP contribution in [-0.2, 0) is 46.0 Å². The van der Waals surface area contributed by atoms with E-state index in [1.807, 2.05) is 114 Å². The third-order valence-electron chi connectivity index (χ3n) is 9.86. The Hall–Kier alpha value is -7.53. The van der Waals surface area contributed by atoms with Crippen LogP contribution in [0, 0.1) is 0 Å². The summed E-state index contributed by atoms with van der Waals surface area (Å²) < 4.78 is 13.4. The van der Waals surface area contributed by atoms with Gasteiger partial charge in [0, 0.05) is 25.4 Å². The number of aromatic nitrogens is 3. The van der Waals surface area contributed by atoms with E-state index in [1.165, 1.54) is 4.90 Å². The first-order valence-electron chi connectivity index (χ1n) is 19.2. The molecular weight excluding hydrogens is 743 g/mol. The maximum Gasteiger partial charge on any atom is 0.408 e. The average molecular weight is 786 g/mol. The second-order valence-corrected chi connectivity index (χ2v) is 13.9. The van der Waals surface area contributed by atoms with Crippen molar-refractivity contribution in [2.45, 2.75) is 37.8 Å². The molecule has 1 atom stereocenters. The lowest BCUT2D eigenvalue weighted by Crippen LogP contribution is -2.50. The van der Waals surface area contributed by atoms with Crippen molar-refractivity contribution < 1.29 is 29.0 Å². The standard InChI is InChI=1S/C48H43N5O6/c54-45(55)32-52(30-36-24-26-43(27-25-36)58-34-41-23-13-14-28-49-41)46(56)44(51-47(57)59-33-37-15-5-1-6-16-37)29-42-31-53(35-50-42)48(38-17-7-2-8-18-38,39-19-9-3-10-20-39)40-21-11-4-12-22-40/h1-28,31,35,44H,29-30,32-34H2,(H,51,57)(H,54,55). The molecule has 296 valence electrons. The first kappa shape index (κ1) is 39.7. The summed E-state index contributed by atoms with van der Waals surface area (Å²) in [7, 11) is 0. The van der Waals surface area contributed by atoms with Crippen molar-refractivity contribution >= 4 is 18.0 Å². The number of carboxylic acids is 1. The summed E-state index contributed by atoms with van der Waals surface area (Å²) in [4.78, 5) is 50.4. The van der Waals surface area contributed by atoms with E-state index < -0.39 is 36.1 Å². The van der Waals surface area contributed by atoms with Gasteiger partial charge in [-0.25, -0.2) is 9.78 Å². The lowest BCUT2D eigenvalue weighted by Gasteiger charge is -2.37. The van der Waals surface area contributed by atoms with Gasteiger partial charge < -0.3 is 29.4 Å². The van der Waals surface area contributed by atoms with Crippen molar-refractivity contribution in [2.75, 3.05) is 6.54 Å². The van der Waals surface area contributed by atoms with Crippen molar-refractivity contribution in [3.8, 4) is 5.75 Å². The molecule has 7 rings (SSSR count). The van der Waals surface area contributed by atoms with E-state index in [-0.39, 0.29) is 26.2 Å². The summed E-state index contributed by atoms with van der Waals surface area (Å²) in [6.45, 7) is -0.405. The molecule has 0 aliphatic carbocycles. The van der Waals surface area contributed by atoms with Gasteiger partial charge in [-0.1, -0.05) is 140 Å². The average Bonchev–Trinajstić information content (AvgIpc) is 3.75. The Bertz CT molecular complexity index is 2320. The molecule has 2 aromatic heterocycles. The van der Waals surface area contributed by atoms with Crippen LogP contribution < -0.4 is 10.1 Å². The molecule has 0 saturated heterocycles. The van der Waals surface area contributed by atoms with Crippen LogP contribution in [0.25, 0.3) is 0 Å². The van der Waals surface area contributed by atoms with E-state index in [4.69, 9.17) is 14.5 Å². The topological polar surface area (TPSA) is 136 Å². The highest BCUT2D eigenvalue weighted by molar-refractivity contribution is 5.88. The number of carboxylic acid groups (broad SMARTS) is 1. The molecule has 11 nitrogen and oxygen atoms in total. The van der Waals surface area contributed by atoms with Crippen molar-refractivity contribution in [1.82, 2.24) is 24.8 Å². The van der Waals surface area contributed by atoms with Gasteiger partial charge in [-0.15, -0.1) is 0 Å². The minimum absolute atomic E-state index is 0.0243. The van der Waals surface area contributed by atoms with E-state index in [9.17, 15) is 19.5 Å². The van der Waals surface area contributed by atoms with Crippen LogP contribution in [0.15, 0.2) is 183 Å². The van der Waals surface area contributed by atoms with Crippen molar-refractivity contribution in [3.63, 3.8) is 0 Å². The number of hydrogen-bond donors (Lipinski definition) is 2. The van der Waals surface area contributed by atoms with E-state index in [1.54, 1.807) is 36.8 Å². The van der Waals surface area contributed by atoms with Gasteiger partial charge in [0.15, 0.2) is 0 Å². The monoisotopic (exact) mass is 785 g/mol. The number of amides is 2. The van der Waals surface area contributed by atoms with Crippen LogP contribution in [0.4, 0.5) is 4.79 Å². The van der Waals surface area contributed by atoms with Crippen LogP contribution in [0.1, 0.15) is 39.2 Å². The fourth-order valence-corrected chi connectivity index (χ4v) is 7.10. The van der Waals surface area contributed by atoms with Gasteiger partial charge in [-0.05, 0) is 52.1 Å². The molecule has 2 N–H and O–H groups in total. The third-order valence-corrected chi connectivity index (χ3v) is 9.86. The number of pyridine rings is 1. The number of nitrogens with zero attached hydrogens (tertiary/aromatic N) is 4. The quantitative estimate of drug-likeness (QED) is 0.0900. The van der Waals surface area contributed by atoms with Gasteiger partial charge in [-0.2, -0.15) is 0 Å². The molecule has 59 heavy (non-hydrogen) atoms. The molecule has 0 aliphatic heterocycles. The van der Waals surface area contributed by atoms with E-state index >= 15 is 0 Å². The number of rotatable bonds is 17. The minimum atomic E-state index is -1.23. The summed E-state index contributed by atoms with van der Waals surface area (Å²) in [5.41, 5.74) is 4.78. The maximum atomic E-state index is 14.5. The molecule has 0 fully saturated rings. The summed E-state index contributed by atoms with van der Waals surface area (Å²) in [6.07, 6.45) is 4.40. The molecule has 0 radical (unpaired) electrons. The van der Waals surface area contributed by atoms with E-state index in [2.05, 4.69) is 46.7 Å². The molecule has 0 spiro atoms. The normalized spacial score (nSPS) is 11.6. The lowest BCUT2D eigenvalue weighted by molar-refractivity contribution is -0.145. The first-order chi connectivity index (χ1) is 28.9. The zero-order chi connectivity index (χ0) is 40.9. The smallest absolute Gasteiger partial charge is 0.408 e. The Morgan fingerprint density at radius 1 is 0.661 bits per heavy atom. The molecule has 7 aromatic rings. The summed E-state index contributed by atoms with van der Waals surface area (Å²) in [5.74, 6) is -1.24. The highest BCUT2D eigenvalue weighted by Crippen LogP contribution is 2.40. The number of ether oxygens (including phenoxy) is 2. The number of carbonyl (C=O) groups is 3. The van der Waals surface area contributed by atoms with Gasteiger partial charge in [-0.3, -0.25) is 14.6 Å². The highest BCUT2D eigenvalue weighted by Gasteiger charge is 2.39. The Balaban J connectivity index is 1.19. The van der Waals surface area contributed by atoms with E-state index in [0.717, 1.165) is 27.9 Å². The van der Waals surface area contributed by atoms with Crippen molar-refractivity contribution in [1.29, 1.82) is 0 Å². The fourth-order valence-electron chi connectivity index (χ4n) is 7.10. The zero-order valence-corrected chi connectivity index (χ0v) is 32.2. The zero-order valence-electron chi connectivity index (χ0n) is 32.2. The van der Waals surface area contributed by atoms with Crippen molar-refractivity contribution in [2.24, 2.45) is 0 Å². The molecule has 5 aromatic carbocycles. The fraction of sp³-hybridized carbons (Fsp3) is 0.146. The van der Waals surface area contributed by atoms with Crippen LogP contribution in [0.5, 0.6) is 5.75 Å². The lowest BCUT2D eigenvalue weighted by atomic mass is 9.77. The second kappa shape index (κ2) is 19.1. The molecule has 2 amide bonds. The molecular formula is C48H43N5O6. The Morgan fingerprint density at radius 3 is 1.80 bits per heavy atom. The van der Waals surface area contributed by atoms with Gasteiger partial charge in [0.05, 0.1) is 17.7 Å². The third kappa shape index (κ3) is 9.89. The van der Waals surface area contributed by atoms with Crippen molar-refractivity contribution in [3.05, 3.63) is 222 Å². The van der Waals surface area contributed by atoms with Gasteiger partial charge in [0.25, 0.3) is 0 Å². The molecule has 0 aliphatic rings. The number of alkyl carbamates (subject to hydrolysis) is 1. The number of aliphatic carboxylic acids is 1. The number of nitrogens with one attached hydrogen (secondary N) is 1. The molecule has 0 saturated carbocycles. The van der Waals surface area contributed by atoms with Crippen LogP contribution >= 0.6 is 0 Å². The van der Waals surface area contributed by atoms with Gasteiger partial charge in [0.2, 0.25) is 5.91 Å². The van der Waals surface area contributed by atoms with Crippen LogP contribution in [0.3, 0.4) is 0 Å². The Labute approximate surface area is 342 Å². The first-order valence-corrected chi connectivity index (χ1v) is 19.2. The Morgan fingerprint density at radius 2 is 1.24 bits per heavy atom. The molecule has 11 heteroatoms. The predicted octanol–water partition coefficient (Wildman–Crippen LogP) is 7.65. The number of carbonyl (C=O) groups excluding carboxylic acids is 2. The Kier molecular flexibility index (Phi) is 12.8. The van der Waals surface area contributed by atoms with Gasteiger partial charge >= 0.3 is 12.1 Å². The largest absolute Gasteiger partial charge is 0.487 e. The molecule has 0 bridgehead atoms. The van der Waals surface area contributed by atoms with Crippen LogP contribution in [0.2, 0.25) is 0 Å². The predicted molar refractivity (Wildman–Crippen MR) is 222 cm³/mol. The summed E-state index contributed by atoms with van der Waals surface area (Å²) in [5, 5.41) is 12.7. The number of hydrogen-bond acceptors (Lipinski definition) is 7. The highest BCUT2D eigenvalue weighted by atomic mass is 16.5. The summed E-state index contributed by atoms with van der Waals surface area (Å²) in [6, 6.07) is 50.8. The number of imidazole rings is 1. The molecule has 1 unspecified atom stereocenters. The van der Waals surface area contributed by atoms with Crippen LogP contribution in [-0.4, -0.2) is 55.1 Å².